The van der Waals surface area contributed by atoms with Gasteiger partial charge in [-0.25, -0.2) is 0 Å². The maximum absolute atomic E-state index is 10.9. The molecule has 1 saturated heterocycles. The van der Waals surface area contributed by atoms with E-state index in [1.165, 1.54) is 25.7 Å². The first kappa shape index (κ1) is 23.3. The van der Waals surface area contributed by atoms with E-state index in [0.717, 1.165) is 19.3 Å². The van der Waals surface area contributed by atoms with Crippen molar-refractivity contribution < 1.29 is 34.7 Å². The summed E-state index contributed by atoms with van der Waals surface area (Å²) in [7, 11) is 0. The van der Waals surface area contributed by atoms with Crippen LogP contribution in [0.25, 0.3) is 0 Å². The smallest absolute Gasteiger partial charge is 0.303 e. The summed E-state index contributed by atoms with van der Waals surface area (Å²) in [6.07, 6.45) is 3.06. The molecule has 0 aromatic rings. The molecular formula is C19H36O7. The zero-order valence-electron chi connectivity index (χ0n) is 16.0. The number of hydrogen-bond acceptors (Lipinski definition) is 6. The second-order valence-corrected chi connectivity index (χ2v) is 7.28. The molecule has 154 valence electrons. The summed E-state index contributed by atoms with van der Waals surface area (Å²) in [5, 5.41) is 38.6. The molecule has 1 heterocycles. The maximum Gasteiger partial charge on any atom is 0.303 e. The molecule has 0 aromatic carbocycles. The van der Waals surface area contributed by atoms with Crippen LogP contribution < -0.4 is 0 Å². The average Bonchev–Trinajstić information content (AvgIpc) is 2.61. The molecule has 0 amide bonds. The highest BCUT2D eigenvalue weighted by molar-refractivity contribution is 5.66. The summed E-state index contributed by atoms with van der Waals surface area (Å²) in [6, 6.07) is 0. The quantitative estimate of drug-likeness (QED) is 0.364. The van der Waals surface area contributed by atoms with Gasteiger partial charge in [0.05, 0.1) is 12.2 Å². The highest BCUT2D eigenvalue weighted by Crippen LogP contribution is 2.25. The Hall–Kier alpha value is -0.730. The highest BCUT2D eigenvalue weighted by atomic mass is 16.7. The van der Waals surface area contributed by atoms with Crippen molar-refractivity contribution >= 4 is 5.97 Å². The van der Waals surface area contributed by atoms with Crippen LogP contribution in [0.2, 0.25) is 0 Å². The predicted octanol–water partition coefficient (Wildman–Crippen LogP) is 2.20. The van der Waals surface area contributed by atoms with Crippen molar-refractivity contribution in [2.45, 2.75) is 115 Å². The van der Waals surface area contributed by atoms with Crippen molar-refractivity contribution in [3.63, 3.8) is 0 Å². The molecule has 1 rings (SSSR count). The predicted molar refractivity (Wildman–Crippen MR) is 96.7 cm³/mol. The zero-order chi connectivity index (χ0) is 19.5. The number of unbranched alkanes of at least 4 members (excludes halogenated alkanes) is 6. The molecule has 1 aliphatic rings. The number of ether oxygens (including phenoxy) is 2. The first-order chi connectivity index (χ1) is 12.4. The van der Waals surface area contributed by atoms with Crippen LogP contribution in [0.3, 0.4) is 0 Å². The van der Waals surface area contributed by atoms with E-state index in [0.29, 0.717) is 12.8 Å². The number of hydrogen-bond donors (Lipinski definition) is 4. The minimum Gasteiger partial charge on any atom is -0.481 e. The fraction of sp³-hybridized carbons (Fsp3) is 0.947. The van der Waals surface area contributed by atoms with Crippen LogP contribution in [0.1, 0.15) is 78.1 Å². The van der Waals surface area contributed by atoms with Crippen LogP contribution in [0.5, 0.6) is 0 Å². The molecule has 1 fully saturated rings. The summed E-state index contributed by atoms with van der Waals surface area (Å²) in [6.45, 7) is 3.78. The fourth-order valence-electron chi connectivity index (χ4n) is 3.21. The van der Waals surface area contributed by atoms with Crippen LogP contribution in [-0.4, -0.2) is 63.2 Å². The van der Waals surface area contributed by atoms with Crippen LogP contribution >= 0.6 is 0 Å². The third kappa shape index (κ3) is 8.31. The van der Waals surface area contributed by atoms with Gasteiger partial charge in [0.2, 0.25) is 0 Å². The number of rotatable bonds is 13. The topological polar surface area (TPSA) is 116 Å². The molecule has 6 atom stereocenters. The van der Waals surface area contributed by atoms with E-state index in [1.807, 2.05) is 0 Å². The van der Waals surface area contributed by atoms with Gasteiger partial charge in [0, 0.05) is 6.42 Å². The van der Waals surface area contributed by atoms with Crippen molar-refractivity contribution in [3.8, 4) is 0 Å². The van der Waals surface area contributed by atoms with E-state index in [9.17, 15) is 20.1 Å². The standard InChI is InChI=1S/C19H36O7/c1-3-4-5-6-7-8-9-10-14(11-12-15(20)21)26-19-18(24)17(23)16(22)13(2)25-19/h13-14,16-19,22-24H,3-12H2,1-2H3,(H,20,21)/t13-,14?,16-,17+,18+,19?/m0/s1. The summed E-state index contributed by atoms with van der Waals surface area (Å²) in [5.41, 5.74) is 0. The van der Waals surface area contributed by atoms with Crippen LogP contribution in [0.4, 0.5) is 0 Å². The van der Waals surface area contributed by atoms with Crippen molar-refractivity contribution in [3.05, 3.63) is 0 Å². The number of carbonyl (C=O) groups is 1. The van der Waals surface area contributed by atoms with Crippen molar-refractivity contribution in [1.29, 1.82) is 0 Å². The second-order valence-electron chi connectivity index (χ2n) is 7.28. The minimum absolute atomic E-state index is 0.0231. The Morgan fingerprint density at radius 2 is 1.58 bits per heavy atom. The summed E-state index contributed by atoms with van der Waals surface area (Å²) in [5.74, 6) is -0.896. The lowest BCUT2D eigenvalue weighted by atomic mass is 9.99. The number of aliphatic carboxylic acids is 1. The van der Waals surface area contributed by atoms with Gasteiger partial charge >= 0.3 is 5.97 Å². The van der Waals surface area contributed by atoms with Gasteiger partial charge in [-0.15, -0.1) is 0 Å². The van der Waals surface area contributed by atoms with E-state index in [2.05, 4.69) is 6.92 Å². The van der Waals surface area contributed by atoms with Crippen LogP contribution in [0, 0.1) is 0 Å². The number of aliphatic hydroxyl groups excluding tert-OH is 3. The molecule has 0 saturated carbocycles. The third-order valence-corrected chi connectivity index (χ3v) is 4.94. The fourth-order valence-corrected chi connectivity index (χ4v) is 3.21. The number of aliphatic hydroxyl groups is 3. The minimum atomic E-state index is -1.36. The highest BCUT2D eigenvalue weighted by Gasteiger charge is 2.43. The second kappa shape index (κ2) is 12.6. The molecule has 7 nitrogen and oxygen atoms in total. The van der Waals surface area contributed by atoms with Crippen molar-refractivity contribution in [2.24, 2.45) is 0 Å². The molecule has 2 unspecified atom stereocenters. The van der Waals surface area contributed by atoms with Gasteiger partial charge in [-0.3, -0.25) is 4.79 Å². The Balaban J connectivity index is 2.45. The number of carboxylic acid groups (broad SMARTS) is 1. The first-order valence-electron chi connectivity index (χ1n) is 9.93. The Labute approximate surface area is 156 Å². The maximum atomic E-state index is 10.9. The molecule has 1 aliphatic heterocycles. The first-order valence-corrected chi connectivity index (χ1v) is 9.93. The van der Waals surface area contributed by atoms with Gasteiger partial charge < -0.3 is 29.9 Å². The van der Waals surface area contributed by atoms with Gasteiger partial charge in [0.15, 0.2) is 6.29 Å². The summed E-state index contributed by atoms with van der Waals surface area (Å²) < 4.78 is 11.2. The van der Waals surface area contributed by atoms with Gasteiger partial charge in [-0.2, -0.15) is 0 Å². The molecule has 0 aliphatic carbocycles. The Morgan fingerprint density at radius 1 is 0.962 bits per heavy atom. The van der Waals surface area contributed by atoms with Crippen molar-refractivity contribution in [1.82, 2.24) is 0 Å². The molecular weight excluding hydrogens is 340 g/mol. The lowest BCUT2D eigenvalue weighted by molar-refractivity contribution is -0.305. The molecule has 0 aromatic heterocycles. The summed E-state index contributed by atoms with van der Waals surface area (Å²) in [4.78, 5) is 10.9. The Bertz CT molecular complexity index is 390. The molecule has 7 heteroatoms. The van der Waals surface area contributed by atoms with E-state index < -0.39 is 36.7 Å². The number of carboxylic acids is 1. The van der Waals surface area contributed by atoms with Crippen LogP contribution in [0.15, 0.2) is 0 Å². The monoisotopic (exact) mass is 376 g/mol. The van der Waals surface area contributed by atoms with E-state index in [-0.39, 0.29) is 12.5 Å². The van der Waals surface area contributed by atoms with Crippen LogP contribution in [-0.2, 0) is 14.3 Å². The lowest BCUT2D eigenvalue weighted by Gasteiger charge is -2.40. The summed E-state index contributed by atoms with van der Waals surface area (Å²) >= 11 is 0. The molecule has 0 radical (unpaired) electrons. The largest absolute Gasteiger partial charge is 0.481 e. The Kier molecular flexibility index (Phi) is 11.3. The Morgan fingerprint density at radius 3 is 2.19 bits per heavy atom. The van der Waals surface area contributed by atoms with E-state index in [1.54, 1.807) is 6.92 Å². The SMILES string of the molecule is CCCCCCCCCC(CCC(=O)O)OC1O[C@@H](C)[C@H](O)[C@@H](O)[C@H]1O. The van der Waals surface area contributed by atoms with Gasteiger partial charge in [-0.05, 0) is 19.8 Å². The van der Waals surface area contributed by atoms with Gasteiger partial charge in [0.1, 0.15) is 18.3 Å². The lowest BCUT2D eigenvalue weighted by Crippen LogP contribution is -2.57. The molecule has 26 heavy (non-hydrogen) atoms. The molecule has 0 bridgehead atoms. The van der Waals surface area contributed by atoms with E-state index in [4.69, 9.17) is 14.6 Å². The normalized spacial score (nSPS) is 30.3. The van der Waals surface area contributed by atoms with Gasteiger partial charge in [-0.1, -0.05) is 51.9 Å². The average molecular weight is 376 g/mol. The molecule has 0 spiro atoms. The van der Waals surface area contributed by atoms with Crippen molar-refractivity contribution in [2.75, 3.05) is 0 Å². The van der Waals surface area contributed by atoms with Gasteiger partial charge in [0.25, 0.3) is 0 Å². The molecule has 4 N–H and O–H groups in total. The zero-order valence-corrected chi connectivity index (χ0v) is 16.0. The van der Waals surface area contributed by atoms with E-state index >= 15 is 0 Å². The third-order valence-electron chi connectivity index (χ3n) is 4.94.